The number of benzene rings is 1. The molecule has 74 valence electrons. The molecule has 0 bridgehead atoms. The van der Waals surface area contributed by atoms with Crippen molar-refractivity contribution in [1.29, 1.82) is 0 Å². The Hall–Kier alpha value is -1.44. The van der Waals surface area contributed by atoms with Crippen molar-refractivity contribution in [2.45, 2.75) is 27.2 Å². The summed E-state index contributed by atoms with van der Waals surface area (Å²) in [6.07, 6.45) is 1.18. The molecule has 0 saturated heterocycles. The van der Waals surface area contributed by atoms with E-state index in [0.717, 1.165) is 17.4 Å². The van der Waals surface area contributed by atoms with E-state index in [2.05, 4.69) is 0 Å². The minimum atomic E-state index is 0.0233. The number of rotatable bonds is 3. The zero-order chi connectivity index (χ0) is 10.7. The lowest BCUT2D eigenvalue weighted by atomic mass is 9.97. The van der Waals surface area contributed by atoms with Crippen LogP contribution in [0, 0.1) is 13.8 Å². The molecule has 0 aliphatic heterocycles. The van der Waals surface area contributed by atoms with Crippen molar-refractivity contribution in [3.05, 3.63) is 34.4 Å². The van der Waals surface area contributed by atoms with Crippen LogP contribution in [0.4, 0.5) is 0 Å². The molecule has 0 atom stereocenters. The summed E-state index contributed by atoms with van der Waals surface area (Å²) in [5.74, 6) is 0.0233. The Balaban J connectivity index is 3.34. The number of aryl methyl sites for hydroxylation is 2. The van der Waals surface area contributed by atoms with Crippen molar-refractivity contribution < 1.29 is 9.59 Å². The maximum Gasteiger partial charge on any atom is 0.163 e. The average Bonchev–Trinajstić information content (AvgIpc) is 2.20. The van der Waals surface area contributed by atoms with E-state index in [1.54, 1.807) is 19.1 Å². The Morgan fingerprint density at radius 3 is 2.36 bits per heavy atom. The topological polar surface area (TPSA) is 34.1 Å². The van der Waals surface area contributed by atoms with E-state index in [9.17, 15) is 9.59 Å². The molecule has 2 nitrogen and oxygen atoms in total. The zero-order valence-corrected chi connectivity index (χ0v) is 8.76. The van der Waals surface area contributed by atoms with Gasteiger partial charge in [0.2, 0.25) is 0 Å². The number of hydrogen-bond donors (Lipinski definition) is 0. The molecule has 0 radical (unpaired) electrons. The molecule has 0 heterocycles. The highest BCUT2D eigenvalue weighted by molar-refractivity contribution is 6.02. The second kappa shape index (κ2) is 4.18. The van der Waals surface area contributed by atoms with Crippen LogP contribution in [0.15, 0.2) is 12.1 Å². The molecule has 14 heavy (non-hydrogen) atoms. The van der Waals surface area contributed by atoms with Crippen LogP contribution in [0.2, 0.25) is 0 Å². The first-order valence-electron chi connectivity index (χ1n) is 4.69. The lowest BCUT2D eigenvalue weighted by Gasteiger charge is -2.06. The molecule has 0 fully saturated rings. The molecule has 1 aromatic rings. The van der Waals surface area contributed by atoms with Crippen molar-refractivity contribution in [1.82, 2.24) is 0 Å². The molecule has 0 aliphatic carbocycles. The lowest BCUT2D eigenvalue weighted by Crippen LogP contribution is -2.03. The van der Waals surface area contributed by atoms with E-state index in [0.29, 0.717) is 17.5 Å². The first-order valence-corrected chi connectivity index (χ1v) is 4.69. The molecular weight excluding hydrogens is 176 g/mol. The van der Waals surface area contributed by atoms with Crippen LogP contribution in [0.3, 0.4) is 0 Å². The van der Waals surface area contributed by atoms with Crippen LogP contribution in [0.25, 0.3) is 0 Å². The summed E-state index contributed by atoms with van der Waals surface area (Å²) in [6, 6.07) is 3.57. The number of carbonyl (C=O) groups is 2. The zero-order valence-electron chi connectivity index (χ0n) is 8.76. The highest BCUT2D eigenvalue weighted by Gasteiger charge is 2.10. The third kappa shape index (κ3) is 1.90. The second-order valence-electron chi connectivity index (χ2n) is 3.42. The van der Waals surface area contributed by atoms with Crippen molar-refractivity contribution >= 4 is 12.1 Å². The van der Waals surface area contributed by atoms with Crippen LogP contribution >= 0.6 is 0 Å². The summed E-state index contributed by atoms with van der Waals surface area (Å²) >= 11 is 0. The van der Waals surface area contributed by atoms with Gasteiger partial charge in [0.25, 0.3) is 0 Å². The summed E-state index contributed by atoms with van der Waals surface area (Å²) in [6.45, 7) is 5.67. The van der Waals surface area contributed by atoms with Crippen molar-refractivity contribution in [2.24, 2.45) is 0 Å². The second-order valence-corrected chi connectivity index (χ2v) is 3.42. The average molecular weight is 190 g/mol. The van der Waals surface area contributed by atoms with Crippen molar-refractivity contribution in [3.63, 3.8) is 0 Å². The van der Waals surface area contributed by atoms with Crippen LogP contribution < -0.4 is 0 Å². The van der Waals surface area contributed by atoms with Crippen molar-refractivity contribution in [2.75, 3.05) is 0 Å². The SMILES string of the molecule is CCC(=O)c1cc(C)c(C)cc1C=O. The van der Waals surface area contributed by atoms with Gasteiger partial charge in [-0.1, -0.05) is 6.92 Å². The monoisotopic (exact) mass is 190 g/mol. The smallest absolute Gasteiger partial charge is 0.163 e. The van der Waals surface area contributed by atoms with E-state index < -0.39 is 0 Å². The van der Waals surface area contributed by atoms with Gasteiger partial charge in [0.05, 0.1) is 0 Å². The quantitative estimate of drug-likeness (QED) is 0.542. The fourth-order valence-electron chi connectivity index (χ4n) is 1.37. The predicted octanol–water partition coefficient (Wildman–Crippen LogP) is 2.71. The van der Waals surface area contributed by atoms with Gasteiger partial charge in [-0.15, -0.1) is 0 Å². The number of Topliss-reactive ketones (excluding diaryl/α,β-unsaturated/α-hetero) is 1. The summed E-state index contributed by atoms with van der Waals surface area (Å²) < 4.78 is 0. The third-order valence-electron chi connectivity index (χ3n) is 2.41. The predicted molar refractivity (Wildman–Crippen MR) is 55.9 cm³/mol. The summed E-state index contributed by atoms with van der Waals surface area (Å²) in [7, 11) is 0. The third-order valence-corrected chi connectivity index (χ3v) is 2.41. The highest BCUT2D eigenvalue weighted by Crippen LogP contribution is 2.16. The fraction of sp³-hybridized carbons (Fsp3) is 0.333. The number of aldehydes is 1. The number of carbonyl (C=O) groups excluding carboxylic acids is 2. The van der Waals surface area contributed by atoms with E-state index in [1.807, 2.05) is 13.8 Å². The fourth-order valence-corrected chi connectivity index (χ4v) is 1.37. The Morgan fingerprint density at radius 2 is 1.86 bits per heavy atom. The molecule has 1 aromatic carbocycles. The molecular formula is C12H14O2. The number of ketones is 1. The summed E-state index contributed by atoms with van der Waals surface area (Å²) in [5, 5.41) is 0. The Labute approximate surface area is 83.9 Å². The van der Waals surface area contributed by atoms with Gasteiger partial charge < -0.3 is 0 Å². The normalized spacial score (nSPS) is 9.93. The molecule has 2 heteroatoms. The van der Waals surface area contributed by atoms with Gasteiger partial charge in [-0.3, -0.25) is 9.59 Å². The van der Waals surface area contributed by atoms with Gasteiger partial charge in [-0.25, -0.2) is 0 Å². The van der Waals surface area contributed by atoms with Crippen LogP contribution in [0.1, 0.15) is 45.2 Å². The first kappa shape index (κ1) is 10.6. The molecule has 0 amide bonds. The molecule has 0 aliphatic rings. The minimum Gasteiger partial charge on any atom is -0.298 e. The molecule has 0 aromatic heterocycles. The van der Waals surface area contributed by atoms with Crippen LogP contribution in [-0.4, -0.2) is 12.1 Å². The maximum absolute atomic E-state index is 11.5. The van der Waals surface area contributed by atoms with Gasteiger partial charge in [0, 0.05) is 17.5 Å². The maximum atomic E-state index is 11.5. The number of hydrogen-bond acceptors (Lipinski definition) is 2. The van der Waals surface area contributed by atoms with Gasteiger partial charge >= 0.3 is 0 Å². The van der Waals surface area contributed by atoms with Gasteiger partial charge in [0.15, 0.2) is 12.1 Å². The van der Waals surface area contributed by atoms with E-state index in [4.69, 9.17) is 0 Å². The van der Waals surface area contributed by atoms with Gasteiger partial charge in [0.1, 0.15) is 0 Å². The first-order chi connectivity index (χ1) is 6.60. The van der Waals surface area contributed by atoms with E-state index in [-0.39, 0.29) is 5.78 Å². The van der Waals surface area contributed by atoms with E-state index >= 15 is 0 Å². The summed E-state index contributed by atoms with van der Waals surface area (Å²) in [5.41, 5.74) is 3.14. The standard InChI is InChI=1S/C12H14O2/c1-4-12(14)11-6-9(3)8(2)5-10(11)7-13/h5-7H,4H2,1-3H3. The molecule has 0 saturated carbocycles. The lowest BCUT2D eigenvalue weighted by molar-refractivity contribution is 0.0981. The van der Waals surface area contributed by atoms with E-state index in [1.165, 1.54) is 0 Å². The molecule has 0 spiro atoms. The van der Waals surface area contributed by atoms with Gasteiger partial charge in [-0.2, -0.15) is 0 Å². The Morgan fingerprint density at radius 1 is 1.29 bits per heavy atom. The summed E-state index contributed by atoms with van der Waals surface area (Å²) in [4.78, 5) is 22.3. The highest BCUT2D eigenvalue weighted by atomic mass is 16.1. The largest absolute Gasteiger partial charge is 0.298 e. The van der Waals surface area contributed by atoms with Crippen LogP contribution in [0.5, 0.6) is 0 Å². The van der Waals surface area contributed by atoms with Crippen molar-refractivity contribution in [3.8, 4) is 0 Å². The Kier molecular flexibility index (Phi) is 3.18. The van der Waals surface area contributed by atoms with Gasteiger partial charge in [-0.05, 0) is 37.1 Å². The molecule has 1 rings (SSSR count). The minimum absolute atomic E-state index is 0.0233. The Bertz CT molecular complexity index is 378. The van der Waals surface area contributed by atoms with Crippen LogP contribution in [-0.2, 0) is 0 Å². The molecule has 0 N–H and O–H groups in total. The molecule has 0 unspecified atom stereocenters.